The lowest BCUT2D eigenvalue weighted by molar-refractivity contribution is -0.134. The average molecular weight is 416 g/mol. The zero-order valence-electron chi connectivity index (χ0n) is 17.7. The highest BCUT2D eigenvalue weighted by atomic mass is 35.5. The largest absolute Gasteiger partial charge is 0.345 e. The molecule has 1 aliphatic carbocycles. The summed E-state index contributed by atoms with van der Waals surface area (Å²) in [5, 5.41) is 4.16. The van der Waals surface area contributed by atoms with Crippen LogP contribution in [0.2, 0.25) is 5.02 Å². The first-order valence-corrected chi connectivity index (χ1v) is 11.4. The molecule has 0 saturated heterocycles. The van der Waals surface area contributed by atoms with Crippen molar-refractivity contribution in [2.75, 3.05) is 6.54 Å². The number of hydrogen-bond acceptors (Lipinski definition) is 2. The maximum Gasteiger partial charge on any atom is 0.237 e. The van der Waals surface area contributed by atoms with Crippen LogP contribution in [0.25, 0.3) is 0 Å². The SMILES string of the molecule is CCC(C)NCC(=O)N(Cc1cccn1Cc1ccccc1Cl)C1CCCCC1. The quantitative estimate of drug-likeness (QED) is 0.608. The molecule has 1 aliphatic rings. The van der Waals surface area contributed by atoms with Gasteiger partial charge in [0, 0.05) is 35.5 Å². The van der Waals surface area contributed by atoms with E-state index in [4.69, 9.17) is 11.6 Å². The maximum absolute atomic E-state index is 13.1. The topological polar surface area (TPSA) is 37.3 Å². The summed E-state index contributed by atoms with van der Waals surface area (Å²) in [6.45, 7) is 6.06. The zero-order chi connectivity index (χ0) is 20.6. The first-order valence-electron chi connectivity index (χ1n) is 11.0. The van der Waals surface area contributed by atoms with Gasteiger partial charge >= 0.3 is 0 Å². The molecule has 1 heterocycles. The second-order valence-corrected chi connectivity index (χ2v) is 8.63. The molecule has 4 nitrogen and oxygen atoms in total. The van der Waals surface area contributed by atoms with Crippen molar-refractivity contribution < 1.29 is 4.79 Å². The molecule has 1 atom stereocenters. The van der Waals surface area contributed by atoms with Crippen molar-refractivity contribution in [3.05, 3.63) is 58.9 Å². The van der Waals surface area contributed by atoms with Crippen molar-refractivity contribution in [1.29, 1.82) is 0 Å². The second-order valence-electron chi connectivity index (χ2n) is 8.22. The van der Waals surface area contributed by atoms with Crippen LogP contribution in [0.4, 0.5) is 0 Å². The van der Waals surface area contributed by atoms with Crippen LogP contribution in [-0.2, 0) is 17.9 Å². The molecule has 1 fully saturated rings. The van der Waals surface area contributed by atoms with Crippen molar-refractivity contribution in [2.45, 2.75) is 77.5 Å². The number of benzene rings is 1. The molecular weight excluding hydrogens is 382 g/mol. The molecule has 5 heteroatoms. The monoisotopic (exact) mass is 415 g/mol. The van der Waals surface area contributed by atoms with Crippen LogP contribution in [-0.4, -0.2) is 34.0 Å². The molecule has 3 rings (SSSR count). The molecule has 0 radical (unpaired) electrons. The van der Waals surface area contributed by atoms with Crippen molar-refractivity contribution in [3.8, 4) is 0 Å². The van der Waals surface area contributed by atoms with E-state index in [-0.39, 0.29) is 5.91 Å². The van der Waals surface area contributed by atoms with Gasteiger partial charge in [-0.2, -0.15) is 0 Å². The van der Waals surface area contributed by atoms with Crippen LogP contribution < -0.4 is 5.32 Å². The third-order valence-corrected chi connectivity index (χ3v) is 6.47. The first-order chi connectivity index (χ1) is 14.1. The summed E-state index contributed by atoms with van der Waals surface area (Å²) in [6.07, 6.45) is 9.05. The Morgan fingerprint density at radius 3 is 2.69 bits per heavy atom. The average Bonchev–Trinajstić information content (AvgIpc) is 3.19. The third kappa shape index (κ3) is 6.10. The fraction of sp³-hybridized carbons (Fsp3) is 0.542. The standard InChI is InChI=1S/C24H34ClN3O/c1-3-19(2)26-16-24(29)28(21-11-5-4-6-12-21)18-22-13-9-15-27(22)17-20-10-7-8-14-23(20)25/h7-10,13-15,19,21,26H,3-6,11-12,16-18H2,1-2H3. The lowest BCUT2D eigenvalue weighted by Gasteiger charge is -2.35. The molecule has 0 bridgehead atoms. The Morgan fingerprint density at radius 1 is 1.21 bits per heavy atom. The van der Waals surface area contributed by atoms with E-state index in [1.807, 2.05) is 18.2 Å². The van der Waals surface area contributed by atoms with E-state index in [0.29, 0.717) is 25.2 Å². The van der Waals surface area contributed by atoms with Crippen LogP contribution in [0.1, 0.15) is 63.6 Å². The number of halogens is 1. The minimum Gasteiger partial charge on any atom is -0.345 e. The van der Waals surface area contributed by atoms with Gasteiger partial charge < -0.3 is 14.8 Å². The number of carbonyl (C=O) groups excluding carboxylic acids is 1. The Labute approximate surface area is 180 Å². The van der Waals surface area contributed by atoms with Gasteiger partial charge in [0.15, 0.2) is 0 Å². The highest BCUT2D eigenvalue weighted by molar-refractivity contribution is 6.31. The number of amides is 1. The molecule has 1 N–H and O–H groups in total. The van der Waals surface area contributed by atoms with Gasteiger partial charge in [-0.3, -0.25) is 4.79 Å². The van der Waals surface area contributed by atoms with Crippen LogP contribution in [0.5, 0.6) is 0 Å². The highest BCUT2D eigenvalue weighted by Crippen LogP contribution is 2.25. The molecule has 0 spiro atoms. The predicted molar refractivity (Wildman–Crippen MR) is 120 cm³/mol. The fourth-order valence-corrected chi connectivity index (χ4v) is 4.25. The fourth-order valence-electron chi connectivity index (χ4n) is 4.05. The summed E-state index contributed by atoms with van der Waals surface area (Å²) in [5.74, 6) is 0.211. The van der Waals surface area contributed by atoms with Crippen molar-refractivity contribution in [3.63, 3.8) is 0 Å². The van der Waals surface area contributed by atoms with Gasteiger partial charge in [0.1, 0.15) is 0 Å². The number of nitrogens with one attached hydrogen (secondary N) is 1. The van der Waals surface area contributed by atoms with E-state index in [1.165, 1.54) is 19.3 Å². The summed E-state index contributed by atoms with van der Waals surface area (Å²) < 4.78 is 2.21. The first kappa shape index (κ1) is 21.9. The number of hydrogen-bond donors (Lipinski definition) is 1. The lowest BCUT2D eigenvalue weighted by Crippen LogP contribution is -2.46. The van der Waals surface area contributed by atoms with Gasteiger partial charge in [-0.15, -0.1) is 0 Å². The van der Waals surface area contributed by atoms with E-state index in [9.17, 15) is 4.79 Å². The molecule has 1 unspecified atom stereocenters. The van der Waals surface area contributed by atoms with Crippen LogP contribution >= 0.6 is 11.6 Å². The van der Waals surface area contributed by atoms with E-state index in [0.717, 1.165) is 42.1 Å². The summed E-state index contributed by atoms with van der Waals surface area (Å²) in [6, 6.07) is 12.9. The highest BCUT2D eigenvalue weighted by Gasteiger charge is 2.26. The summed E-state index contributed by atoms with van der Waals surface area (Å²) >= 11 is 6.37. The maximum atomic E-state index is 13.1. The van der Waals surface area contributed by atoms with Gasteiger partial charge in [0.2, 0.25) is 5.91 Å². The van der Waals surface area contributed by atoms with Gasteiger partial charge in [-0.1, -0.05) is 56.0 Å². The van der Waals surface area contributed by atoms with Crippen molar-refractivity contribution in [1.82, 2.24) is 14.8 Å². The molecule has 1 saturated carbocycles. The van der Waals surface area contributed by atoms with Crippen molar-refractivity contribution in [2.24, 2.45) is 0 Å². The summed E-state index contributed by atoms with van der Waals surface area (Å²) in [4.78, 5) is 15.3. The molecule has 158 valence electrons. The van der Waals surface area contributed by atoms with Gasteiger partial charge in [-0.05, 0) is 49.9 Å². The van der Waals surface area contributed by atoms with Gasteiger partial charge in [-0.25, -0.2) is 0 Å². The van der Waals surface area contributed by atoms with Crippen LogP contribution in [0.3, 0.4) is 0 Å². The third-order valence-electron chi connectivity index (χ3n) is 6.10. The number of carbonyl (C=O) groups is 1. The van der Waals surface area contributed by atoms with Crippen LogP contribution in [0.15, 0.2) is 42.6 Å². The second kappa shape index (κ2) is 10.8. The molecule has 0 aliphatic heterocycles. The van der Waals surface area contributed by atoms with E-state index in [2.05, 4.69) is 53.0 Å². The van der Waals surface area contributed by atoms with Crippen LogP contribution in [0, 0.1) is 0 Å². The minimum atomic E-state index is 0.211. The Balaban J connectivity index is 1.74. The molecule has 1 aromatic carbocycles. The molecular formula is C24H34ClN3O. The molecule has 2 aromatic rings. The van der Waals surface area contributed by atoms with E-state index in [1.54, 1.807) is 0 Å². The Bertz CT molecular complexity index is 782. The molecule has 29 heavy (non-hydrogen) atoms. The van der Waals surface area contributed by atoms with Gasteiger partial charge in [0.25, 0.3) is 0 Å². The van der Waals surface area contributed by atoms with E-state index < -0.39 is 0 Å². The number of rotatable bonds is 9. The van der Waals surface area contributed by atoms with E-state index >= 15 is 0 Å². The predicted octanol–water partition coefficient (Wildman–Crippen LogP) is 5.24. The Kier molecular flexibility index (Phi) is 8.19. The molecule has 1 amide bonds. The summed E-state index contributed by atoms with van der Waals surface area (Å²) in [7, 11) is 0. The Hall–Kier alpha value is -1.78. The normalized spacial score (nSPS) is 16.0. The van der Waals surface area contributed by atoms with Crippen molar-refractivity contribution >= 4 is 17.5 Å². The van der Waals surface area contributed by atoms with Gasteiger partial charge in [0.05, 0.1) is 13.1 Å². The number of aromatic nitrogens is 1. The minimum absolute atomic E-state index is 0.211. The molecule has 1 aromatic heterocycles. The lowest BCUT2D eigenvalue weighted by atomic mass is 9.94. The Morgan fingerprint density at radius 2 is 1.97 bits per heavy atom. The smallest absolute Gasteiger partial charge is 0.237 e. The number of nitrogens with zero attached hydrogens (tertiary/aromatic N) is 2. The zero-order valence-corrected chi connectivity index (χ0v) is 18.5. The summed E-state index contributed by atoms with van der Waals surface area (Å²) in [5.41, 5.74) is 2.26.